The van der Waals surface area contributed by atoms with Crippen LogP contribution in [0.5, 0.6) is 0 Å². The summed E-state index contributed by atoms with van der Waals surface area (Å²) in [5.41, 5.74) is -2.05. The molecule has 0 amide bonds. The summed E-state index contributed by atoms with van der Waals surface area (Å²) in [6.45, 7) is 0. The fourth-order valence-corrected chi connectivity index (χ4v) is 1.57. The predicted molar refractivity (Wildman–Crippen MR) is 37.6 cm³/mol. The van der Waals surface area contributed by atoms with Crippen LogP contribution in [0.3, 0.4) is 0 Å². The van der Waals surface area contributed by atoms with Crippen molar-refractivity contribution >= 4 is 11.9 Å². The second-order valence-corrected chi connectivity index (χ2v) is 3.01. The maximum absolute atomic E-state index is 10.5. The Morgan fingerprint density at radius 3 is 2.25 bits per heavy atom. The van der Waals surface area contributed by atoms with Gasteiger partial charge in [-0.05, 0) is 19.3 Å². The highest BCUT2D eigenvalue weighted by atomic mass is 16.4. The molecule has 5 nitrogen and oxygen atoms in total. The number of carbonyl (C=O) groups is 2. The van der Waals surface area contributed by atoms with Gasteiger partial charge in [-0.3, -0.25) is 4.79 Å². The van der Waals surface area contributed by atoms with E-state index in [2.05, 4.69) is 0 Å². The summed E-state index contributed by atoms with van der Waals surface area (Å²) in [6, 6.07) is 0. The first-order valence-corrected chi connectivity index (χ1v) is 3.67. The summed E-state index contributed by atoms with van der Waals surface area (Å²) in [6.07, 6.45) is 0.706. The largest absolute Gasteiger partial charge is 0.481 e. The van der Waals surface area contributed by atoms with E-state index in [4.69, 9.17) is 10.2 Å². The lowest BCUT2D eigenvalue weighted by Crippen LogP contribution is -2.45. The summed E-state index contributed by atoms with van der Waals surface area (Å²) >= 11 is 0. The van der Waals surface area contributed by atoms with Crippen LogP contribution < -0.4 is 0 Å². The first kappa shape index (κ1) is 8.99. The molecule has 1 rings (SSSR count). The zero-order valence-electron chi connectivity index (χ0n) is 6.36. The first-order valence-electron chi connectivity index (χ1n) is 3.67. The molecule has 12 heavy (non-hydrogen) atoms. The normalized spacial score (nSPS) is 34.9. The summed E-state index contributed by atoms with van der Waals surface area (Å²) in [7, 11) is 0. The summed E-state index contributed by atoms with van der Waals surface area (Å²) < 4.78 is 0. The smallest absolute Gasteiger partial charge is 0.336 e. The summed E-state index contributed by atoms with van der Waals surface area (Å²) in [5, 5.41) is 26.6. The Labute approximate surface area is 68.6 Å². The third-order valence-corrected chi connectivity index (χ3v) is 2.30. The maximum Gasteiger partial charge on any atom is 0.336 e. The van der Waals surface area contributed by atoms with E-state index in [0.717, 1.165) is 0 Å². The van der Waals surface area contributed by atoms with Crippen molar-refractivity contribution in [3.05, 3.63) is 0 Å². The molecule has 0 saturated heterocycles. The van der Waals surface area contributed by atoms with Gasteiger partial charge in [-0.25, -0.2) is 4.79 Å². The van der Waals surface area contributed by atoms with Crippen LogP contribution in [-0.2, 0) is 9.59 Å². The van der Waals surface area contributed by atoms with Crippen molar-refractivity contribution in [1.29, 1.82) is 0 Å². The number of aliphatic carboxylic acids is 2. The van der Waals surface area contributed by atoms with E-state index in [-0.39, 0.29) is 12.8 Å². The highest BCUT2D eigenvalue weighted by Gasteiger charge is 2.51. The van der Waals surface area contributed by atoms with E-state index >= 15 is 0 Å². The van der Waals surface area contributed by atoms with E-state index in [0.29, 0.717) is 6.42 Å². The Morgan fingerprint density at radius 2 is 1.92 bits per heavy atom. The molecule has 0 heterocycles. The van der Waals surface area contributed by atoms with Crippen LogP contribution in [0.25, 0.3) is 0 Å². The Bertz CT molecular complexity index is 224. The van der Waals surface area contributed by atoms with E-state index in [9.17, 15) is 14.7 Å². The zero-order chi connectivity index (χ0) is 9.35. The molecule has 2 atom stereocenters. The van der Waals surface area contributed by atoms with Gasteiger partial charge in [0.15, 0.2) is 5.60 Å². The Balaban J connectivity index is 2.89. The van der Waals surface area contributed by atoms with Gasteiger partial charge in [0, 0.05) is 0 Å². The topological polar surface area (TPSA) is 94.8 Å². The van der Waals surface area contributed by atoms with Crippen molar-refractivity contribution in [2.24, 2.45) is 5.92 Å². The van der Waals surface area contributed by atoms with E-state index in [1.807, 2.05) is 0 Å². The minimum atomic E-state index is -2.05. The molecular weight excluding hydrogens is 164 g/mol. The molecular formula is C7H10O5. The highest BCUT2D eigenvalue weighted by Crippen LogP contribution is 2.35. The molecule has 1 aliphatic carbocycles. The summed E-state index contributed by atoms with van der Waals surface area (Å²) in [5.74, 6) is -3.83. The van der Waals surface area contributed by atoms with E-state index in [1.165, 1.54) is 0 Å². The molecule has 1 saturated carbocycles. The molecule has 3 N–H and O–H groups in total. The van der Waals surface area contributed by atoms with Gasteiger partial charge in [0.1, 0.15) is 0 Å². The lowest BCUT2D eigenvalue weighted by atomic mass is 9.91. The van der Waals surface area contributed by atoms with Crippen molar-refractivity contribution in [2.45, 2.75) is 24.9 Å². The van der Waals surface area contributed by atoms with Crippen LogP contribution in [-0.4, -0.2) is 32.9 Å². The number of hydrogen-bond donors (Lipinski definition) is 3. The molecule has 1 aliphatic rings. The fraction of sp³-hybridized carbons (Fsp3) is 0.714. The van der Waals surface area contributed by atoms with Gasteiger partial charge in [0.2, 0.25) is 0 Å². The quantitative estimate of drug-likeness (QED) is 0.533. The lowest BCUT2D eigenvalue weighted by molar-refractivity contribution is -0.170. The average molecular weight is 174 g/mol. The van der Waals surface area contributed by atoms with Crippen LogP contribution in [0, 0.1) is 5.92 Å². The minimum Gasteiger partial charge on any atom is -0.481 e. The minimum absolute atomic E-state index is 0.0271. The molecule has 1 fully saturated rings. The third-order valence-electron chi connectivity index (χ3n) is 2.30. The zero-order valence-corrected chi connectivity index (χ0v) is 6.36. The fourth-order valence-electron chi connectivity index (χ4n) is 1.57. The molecule has 0 aromatic rings. The summed E-state index contributed by atoms with van der Waals surface area (Å²) in [4.78, 5) is 21.0. The maximum atomic E-state index is 10.5. The number of rotatable bonds is 2. The molecule has 0 aromatic carbocycles. The van der Waals surface area contributed by atoms with Crippen LogP contribution in [0.15, 0.2) is 0 Å². The van der Waals surface area contributed by atoms with Gasteiger partial charge in [0.25, 0.3) is 0 Å². The predicted octanol–water partition coefficient (Wildman–Crippen LogP) is -0.313. The second kappa shape index (κ2) is 2.75. The van der Waals surface area contributed by atoms with Crippen molar-refractivity contribution in [3.63, 3.8) is 0 Å². The van der Waals surface area contributed by atoms with Crippen molar-refractivity contribution in [2.75, 3.05) is 0 Å². The Morgan fingerprint density at radius 1 is 1.33 bits per heavy atom. The van der Waals surface area contributed by atoms with Gasteiger partial charge >= 0.3 is 11.9 Å². The molecule has 5 heteroatoms. The molecule has 68 valence electrons. The van der Waals surface area contributed by atoms with Crippen LogP contribution in [0.1, 0.15) is 19.3 Å². The Kier molecular flexibility index (Phi) is 2.06. The SMILES string of the molecule is O=C(O)[C@@H]1CCC[C@@]1(O)C(=O)O. The van der Waals surface area contributed by atoms with Gasteiger partial charge < -0.3 is 15.3 Å². The van der Waals surface area contributed by atoms with Crippen molar-refractivity contribution in [1.82, 2.24) is 0 Å². The van der Waals surface area contributed by atoms with Crippen LogP contribution >= 0.6 is 0 Å². The van der Waals surface area contributed by atoms with Gasteiger partial charge in [0.05, 0.1) is 5.92 Å². The number of carboxylic acid groups (broad SMARTS) is 2. The average Bonchev–Trinajstić information content (AvgIpc) is 2.32. The Hall–Kier alpha value is -1.10. The molecule has 0 unspecified atom stereocenters. The van der Waals surface area contributed by atoms with Gasteiger partial charge in [-0.2, -0.15) is 0 Å². The van der Waals surface area contributed by atoms with E-state index in [1.54, 1.807) is 0 Å². The van der Waals surface area contributed by atoms with Crippen LogP contribution in [0.4, 0.5) is 0 Å². The van der Waals surface area contributed by atoms with Gasteiger partial charge in [-0.15, -0.1) is 0 Å². The number of hydrogen-bond acceptors (Lipinski definition) is 3. The molecule has 0 aliphatic heterocycles. The third kappa shape index (κ3) is 1.16. The first-order chi connectivity index (χ1) is 5.48. The van der Waals surface area contributed by atoms with Crippen LogP contribution in [0.2, 0.25) is 0 Å². The molecule has 0 aromatic heterocycles. The molecule has 0 bridgehead atoms. The van der Waals surface area contributed by atoms with Crippen molar-refractivity contribution in [3.8, 4) is 0 Å². The number of aliphatic hydroxyl groups is 1. The standard InChI is InChI=1S/C7H10O5/c8-5(9)4-2-1-3-7(4,12)6(10)11/h4,12H,1-3H2,(H,8,9)(H,10,11)/t4-,7-/m0/s1. The number of carboxylic acids is 2. The second-order valence-electron chi connectivity index (χ2n) is 3.01. The molecule has 0 radical (unpaired) electrons. The highest BCUT2D eigenvalue weighted by molar-refractivity contribution is 5.86. The monoisotopic (exact) mass is 174 g/mol. The lowest BCUT2D eigenvalue weighted by Gasteiger charge is -2.21. The van der Waals surface area contributed by atoms with Crippen molar-refractivity contribution < 1.29 is 24.9 Å². The molecule has 0 spiro atoms. The van der Waals surface area contributed by atoms with E-state index < -0.39 is 23.5 Å². The van der Waals surface area contributed by atoms with Gasteiger partial charge in [-0.1, -0.05) is 0 Å².